The van der Waals surface area contributed by atoms with Crippen LogP contribution in [0.4, 0.5) is 18.0 Å². The minimum atomic E-state index is -4.52. The van der Waals surface area contributed by atoms with Crippen LogP contribution < -0.4 is 16.0 Å². The Kier molecular flexibility index (Phi) is 6.63. The number of quaternary nitrogens is 1. The lowest BCUT2D eigenvalue weighted by atomic mass is 10.1. The van der Waals surface area contributed by atoms with Crippen LogP contribution in [0.25, 0.3) is 0 Å². The summed E-state index contributed by atoms with van der Waals surface area (Å²) in [5.74, 6) is -0.696. The van der Waals surface area contributed by atoms with Crippen LogP contribution in [0, 0.1) is 0 Å². The summed E-state index contributed by atoms with van der Waals surface area (Å²) in [6, 6.07) is 5.77. The van der Waals surface area contributed by atoms with Gasteiger partial charge in [-0.15, -0.1) is 0 Å². The molecule has 22 heavy (non-hydrogen) atoms. The van der Waals surface area contributed by atoms with E-state index in [-0.39, 0.29) is 12.6 Å². The SMILES string of the molecule is C[C@H]([NH2+]CC(=O)NC(=O)NCC(F)(F)F)c1ccccc1Cl. The number of urea groups is 1. The zero-order valence-corrected chi connectivity index (χ0v) is 12.5. The summed E-state index contributed by atoms with van der Waals surface area (Å²) in [5.41, 5.74) is 0.818. The normalized spacial score (nSPS) is 12.6. The van der Waals surface area contributed by atoms with E-state index in [1.807, 2.05) is 12.2 Å². The van der Waals surface area contributed by atoms with E-state index in [1.54, 1.807) is 34.9 Å². The fourth-order valence-corrected chi connectivity index (χ4v) is 1.97. The predicted octanol–water partition coefficient (Wildman–Crippen LogP) is 1.35. The van der Waals surface area contributed by atoms with E-state index in [0.29, 0.717) is 5.02 Å². The Labute approximate surface area is 130 Å². The van der Waals surface area contributed by atoms with Crippen LogP contribution in [0.3, 0.4) is 0 Å². The number of carbonyl (C=O) groups excluding carboxylic acids is 2. The molecule has 9 heteroatoms. The molecule has 1 rings (SSSR count). The quantitative estimate of drug-likeness (QED) is 0.758. The van der Waals surface area contributed by atoms with Crippen LogP contribution in [0.15, 0.2) is 24.3 Å². The van der Waals surface area contributed by atoms with Crippen LogP contribution in [-0.2, 0) is 4.79 Å². The molecule has 0 aliphatic carbocycles. The highest BCUT2D eigenvalue weighted by atomic mass is 35.5. The summed E-state index contributed by atoms with van der Waals surface area (Å²) in [7, 11) is 0. The molecule has 3 amide bonds. The zero-order valence-electron chi connectivity index (χ0n) is 11.7. The van der Waals surface area contributed by atoms with Crippen molar-refractivity contribution in [2.24, 2.45) is 0 Å². The number of amides is 3. The van der Waals surface area contributed by atoms with Crippen LogP contribution >= 0.6 is 11.6 Å². The summed E-state index contributed by atoms with van der Waals surface area (Å²) in [6.07, 6.45) is -4.52. The lowest BCUT2D eigenvalue weighted by molar-refractivity contribution is -0.682. The van der Waals surface area contributed by atoms with E-state index in [4.69, 9.17) is 11.6 Å². The standard InChI is InChI=1S/C13H15ClF3N3O2/c1-8(9-4-2-3-5-10(9)14)18-6-11(21)20-12(22)19-7-13(15,16)17/h2-5,8,18H,6-7H2,1H3,(H2,19,20,21,22)/p+1/t8-/m0/s1. The molecule has 0 spiro atoms. The van der Waals surface area contributed by atoms with Gasteiger partial charge in [0.15, 0.2) is 6.54 Å². The average Bonchev–Trinajstić information content (AvgIpc) is 2.42. The number of nitrogens with one attached hydrogen (secondary N) is 2. The topological polar surface area (TPSA) is 74.8 Å². The van der Waals surface area contributed by atoms with Gasteiger partial charge in [-0.2, -0.15) is 13.2 Å². The summed E-state index contributed by atoms with van der Waals surface area (Å²) < 4.78 is 35.7. The molecule has 0 heterocycles. The van der Waals surface area contributed by atoms with Gasteiger partial charge in [0.2, 0.25) is 0 Å². The van der Waals surface area contributed by atoms with E-state index in [0.717, 1.165) is 5.56 Å². The lowest BCUT2D eigenvalue weighted by Crippen LogP contribution is -2.87. The molecule has 1 aromatic carbocycles. The molecular formula is C13H16ClF3N3O2+. The number of nitrogens with two attached hydrogens (primary N) is 1. The van der Waals surface area contributed by atoms with Gasteiger partial charge in [0.25, 0.3) is 5.91 Å². The molecule has 5 nitrogen and oxygen atoms in total. The number of benzene rings is 1. The Morgan fingerprint density at radius 1 is 1.32 bits per heavy atom. The molecule has 1 aromatic rings. The monoisotopic (exact) mass is 338 g/mol. The molecule has 0 fully saturated rings. The minimum Gasteiger partial charge on any atom is -0.332 e. The van der Waals surface area contributed by atoms with Crippen molar-refractivity contribution < 1.29 is 28.1 Å². The number of hydrogen-bond donors (Lipinski definition) is 3. The Balaban J connectivity index is 2.37. The van der Waals surface area contributed by atoms with Gasteiger partial charge >= 0.3 is 12.2 Å². The first-order valence-corrected chi connectivity index (χ1v) is 6.79. The van der Waals surface area contributed by atoms with Crippen LogP contribution in [-0.4, -0.2) is 31.2 Å². The van der Waals surface area contributed by atoms with E-state index in [1.165, 1.54) is 0 Å². The van der Waals surface area contributed by atoms with E-state index < -0.39 is 24.7 Å². The number of carbonyl (C=O) groups is 2. The molecular weight excluding hydrogens is 323 g/mol. The van der Waals surface area contributed by atoms with Crippen molar-refractivity contribution in [3.8, 4) is 0 Å². The van der Waals surface area contributed by atoms with Gasteiger partial charge in [-0.1, -0.05) is 29.8 Å². The van der Waals surface area contributed by atoms with Gasteiger partial charge in [0.05, 0.1) is 0 Å². The fraction of sp³-hybridized carbons (Fsp3) is 0.385. The van der Waals surface area contributed by atoms with Crippen molar-refractivity contribution in [3.63, 3.8) is 0 Å². The second kappa shape index (κ2) is 8.00. The Morgan fingerprint density at radius 3 is 2.55 bits per heavy atom. The molecule has 0 saturated heterocycles. The van der Waals surface area contributed by atoms with Crippen LogP contribution in [0.2, 0.25) is 5.02 Å². The van der Waals surface area contributed by atoms with Gasteiger partial charge in [-0.3, -0.25) is 10.1 Å². The second-order valence-electron chi connectivity index (χ2n) is 4.60. The van der Waals surface area contributed by atoms with Gasteiger partial charge in [-0.25, -0.2) is 4.79 Å². The molecule has 122 valence electrons. The highest BCUT2D eigenvalue weighted by Crippen LogP contribution is 2.19. The molecule has 0 bridgehead atoms. The Morgan fingerprint density at radius 2 is 1.95 bits per heavy atom. The second-order valence-corrected chi connectivity index (χ2v) is 5.00. The molecule has 0 unspecified atom stereocenters. The third kappa shape index (κ3) is 6.77. The van der Waals surface area contributed by atoms with E-state index in [9.17, 15) is 22.8 Å². The van der Waals surface area contributed by atoms with Crippen molar-refractivity contribution >= 4 is 23.5 Å². The number of halogens is 4. The van der Waals surface area contributed by atoms with Crippen LogP contribution in [0.1, 0.15) is 18.5 Å². The number of imide groups is 1. The number of hydrogen-bond acceptors (Lipinski definition) is 2. The maximum absolute atomic E-state index is 11.9. The zero-order chi connectivity index (χ0) is 16.8. The van der Waals surface area contributed by atoms with Crippen molar-refractivity contribution in [1.82, 2.24) is 10.6 Å². The van der Waals surface area contributed by atoms with Gasteiger partial charge in [0.1, 0.15) is 12.6 Å². The van der Waals surface area contributed by atoms with Gasteiger partial charge in [-0.05, 0) is 13.0 Å². The summed E-state index contributed by atoms with van der Waals surface area (Å²) in [5, 5.41) is 5.54. The molecule has 0 aliphatic heterocycles. The first kappa shape index (κ1) is 18.2. The molecule has 0 saturated carbocycles. The predicted molar refractivity (Wildman–Crippen MR) is 74.3 cm³/mol. The molecule has 0 aromatic heterocycles. The lowest BCUT2D eigenvalue weighted by Gasteiger charge is -2.12. The third-order valence-corrected chi connectivity index (χ3v) is 3.10. The first-order chi connectivity index (χ1) is 10.2. The first-order valence-electron chi connectivity index (χ1n) is 6.41. The Bertz CT molecular complexity index is 538. The summed E-state index contributed by atoms with van der Waals surface area (Å²) >= 11 is 6.01. The molecule has 0 radical (unpaired) electrons. The Hall–Kier alpha value is -1.80. The minimum absolute atomic E-state index is 0.119. The molecule has 4 N–H and O–H groups in total. The largest absolute Gasteiger partial charge is 0.405 e. The van der Waals surface area contributed by atoms with Crippen molar-refractivity contribution in [2.75, 3.05) is 13.1 Å². The molecule has 1 atom stereocenters. The van der Waals surface area contributed by atoms with Crippen molar-refractivity contribution in [2.45, 2.75) is 19.1 Å². The third-order valence-electron chi connectivity index (χ3n) is 2.75. The maximum atomic E-state index is 11.9. The van der Waals surface area contributed by atoms with Gasteiger partial charge < -0.3 is 10.6 Å². The smallest absolute Gasteiger partial charge is 0.332 e. The summed E-state index contributed by atoms with van der Waals surface area (Å²) in [6.45, 7) is 0.204. The van der Waals surface area contributed by atoms with E-state index in [2.05, 4.69) is 0 Å². The highest BCUT2D eigenvalue weighted by molar-refractivity contribution is 6.31. The van der Waals surface area contributed by atoms with Crippen molar-refractivity contribution in [3.05, 3.63) is 34.9 Å². The number of alkyl halides is 3. The number of rotatable bonds is 5. The van der Waals surface area contributed by atoms with E-state index >= 15 is 0 Å². The van der Waals surface area contributed by atoms with Gasteiger partial charge in [0, 0.05) is 10.6 Å². The van der Waals surface area contributed by atoms with Crippen molar-refractivity contribution in [1.29, 1.82) is 0 Å². The maximum Gasteiger partial charge on any atom is 0.405 e. The molecule has 0 aliphatic rings. The fourth-order valence-electron chi connectivity index (χ4n) is 1.66. The summed E-state index contributed by atoms with van der Waals surface area (Å²) in [4.78, 5) is 22.6. The average molecular weight is 339 g/mol. The van der Waals surface area contributed by atoms with Crippen LogP contribution in [0.5, 0.6) is 0 Å². The highest BCUT2D eigenvalue weighted by Gasteiger charge is 2.28.